The molecule has 0 unspecified atom stereocenters. The molecule has 3 heteroatoms. The Morgan fingerprint density at radius 2 is 1.20 bits per heavy atom. The number of hydrogen-bond donors (Lipinski definition) is 2. The number of aliphatic hydroxyl groups excluding tert-OH is 2. The van der Waals surface area contributed by atoms with Crippen LogP contribution >= 0.6 is 0 Å². The van der Waals surface area contributed by atoms with E-state index in [-0.39, 0.29) is 13.2 Å². The third-order valence-corrected chi connectivity index (χ3v) is 3.66. The van der Waals surface area contributed by atoms with Crippen LogP contribution in [0.5, 0.6) is 0 Å². The van der Waals surface area contributed by atoms with E-state index < -0.39 is 0 Å². The Labute approximate surface area is 155 Å². The smallest absolute Gasteiger partial charge is 0.0641 e. The zero-order valence-electron chi connectivity index (χ0n) is 17.3. The van der Waals surface area contributed by atoms with E-state index in [2.05, 4.69) is 43.7 Å². The van der Waals surface area contributed by atoms with Crippen molar-refractivity contribution in [3.8, 4) is 0 Å². The zero-order chi connectivity index (χ0) is 19.5. The van der Waals surface area contributed by atoms with Gasteiger partial charge in [-0.05, 0) is 71.8 Å². The van der Waals surface area contributed by atoms with Gasteiger partial charge in [0, 0.05) is 14.2 Å². The number of allylic oxidation sites excluding steroid dienone is 6. The molecule has 0 aromatic rings. The first-order valence-electron chi connectivity index (χ1n) is 9.15. The first-order chi connectivity index (χ1) is 11.9. The van der Waals surface area contributed by atoms with Crippen LogP contribution in [0.2, 0.25) is 0 Å². The molecule has 0 aliphatic rings. The van der Waals surface area contributed by atoms with E-state index in [1.54, 1.807) is 14.2 Å². The van der Waals surface area contributed by atoms with Crippen LogP contribution in [0.15, 0.2) is 46.6 Å². The molecule has 0 rings (SSSR count). The lowest BCUT2D eigenvalue weighted by Crippen LogP contribution is -1.91. The van der Waals surface area contributed by atoms with Gasteiger partial charge in [-0.25, -0.2) is 0 Å². The van der Waals surface area contributed by atoms with Crippen LogP contribution in [0.3, 0.4) is 0 Å². The minimum atomic E-state index is 0.110. The second-order valence-electron chi connectivity index (χ2n) is 6.61. The summed E-state index contributed by atoms with van der Waals surface area (Å²) < 4.78 is 4.25. The van der Waals surface area contributed by atoms with E-state index in [0.29, 0.717) is 0 Å². The Kier molecular flexibility index (Phi) is 20.0. The van der Waals surface area contributed by atoms with E-state index >= 15 is 0 Å². The normalized spacial score (nSPS) is 12.6. The van der Waals surface area contributed by atoms with E-state index in [1.165, 1.54) is 16.7 Å². The molecular weight excluding hydrogens is 312 g/mol. The fourth-order valence-corrected chi connectivity index (χ4v) is 2.20. The fourth-order valence-electron chi connectivity index (χ4n) is 2.20. The minimum absolute atomic E-state index is 0.110. The van der Waals surface area contributed by atoms with Crippen LogP contribution in [-0.4, -0.2) is 37.6 Å². The largest absolute Gasteiger partial charge is 0.392 e. The van der Waals surface area contributed by atoms with Gasteiger partial charge in [0.15, 0.2) is 0 Å². The van der Waals surface area contributed by atoms with Gasteiger partial charge in [-0.3, -0.25) is 0 Å². The van der Waals surface area contributed by atoms with Crippen molar-refractivity contribution in [3.63, 3.8) is 0 Å². The van der Waals surface area contributed by atoms with Crippen molar-refractivity contribution < 1.29 is 14.9 Å². The van der Waals surface area contributed by atoms with Crippen LogP contribution in [-0.2, 0) is 4.74 Å². The van der Waals surface area contributed by atoms with Crippen LogP contribution in [0.25, 0.3) is 0 Å². The summed E-state index contributed by atoms with van der Waals surface area (Å²) in [6.45, 7) is 8.74. The molecule has 0 fully saturated rings. The summed E-state index contributed by atoms with van der Waals surface area (Å²) in [6.07, 6.45) is 14.6. The molecule has 0 aliphatic heterocycles. The second kappa shape index (κ2) is 19.2. The standard InChI is InChI=1S/C20H34O2.C2H6O/c1-17(2)8-5-9-18(3)10-6-12-20(16-22)13-7-11-19(4)14-15-21;1-3-2/h8,10,13-14,21-22H,5-7,9,11-12,15-16H2,1-4H3;1-2H3/b18-10+,19-14+,20-13-;. The summed E-state index contributed by atoms with van der Waals surface area (Å²) in [6, 6.07) is 0. The van der Waals surface area contributed by atoms with Gasteiger partial charge >= 0.3 is 0 Å². The summed E-state index contributed by atoms with van der Waals surface area (Å²) in [5, 5.41) is 18.2. The Hall–Kier alpha value is -1.16. The summed E-state index contributed by atoms with van der Waals surface area (Å²) >= 11 is 0. The van der Waals surface area contributed by atoms with Crippen molar-refractivity contribution in [3.05, 3.63) is 46.6 Å². The molecule has 0 amide bonds. The number of hydrogen-bond acceptors (Lipinski definition) is 3. The maximum Gasteiger partial charge on any atom is 0.0641 e. The van der Waals surface area contributed by atoms with Crippen LogP contribution in [0.1, 0.15) is 66.2 Å². The van der Waals surface area contributed by atoms with E-state index in [4.69, 9.17) is 5.11 Å². The highest BCUT2D eigenvalue weighted by atomic mass is 16.4. The lowest BCUT2D eigenvalue weighted by molar-refractivity contribution is 0.277. The van der Waals surface area contributed by atoms with Gasteiger partial charge in [0.05, 0.1) is 13.2 Å². The Morgan fingerprint density at radius 3 is 1.68 bits per heavy atom. The molecule has 0 aromatic heterocycles. The molecule has 0 radical (unpaired) electrons. The number of aliphatic hydroxyl groups is 2. The lowest BCUT2D eigenvalue weighted by Gasteiger charge is -2.04. The molecule has 0 saturated heterocycles. The van der Waals surface area contributed by atoms with Crippen molar-refractivity contribution in [1.82, 2.24) is 0 Å². The molecule has 0 bridgehead atoms. The first kappa shape index (κ1) is 26.1. The molecule has 0 spiro atoms. The monoisotopic (exact) mass is 352 g/mol. The fraction of sp³-hybridized carbons (Fsp3) is 0.636. The highest BCUT2D eigenvalue weighted by Crippen LogP contribution is 2.13. The summed E-state index contributed by atoms with van der Waals surface area (Å²) in [4.78, 5) is 0. The van der Waals surface area contributed by atoms with Crippen LogP contribution < -0.4 is 0 Å². The average molecular weight is 353 g/mol. The summed E-state index contributed by atoms with van der Waals surface area (Å²) in [5.41, 5.74) is 5.12. The van der Waals surface area contributed by atoms with Crippen LogP contribution in [0, 0.1) is 0 Å². The van der Waals surface area contributed by atoms with Crippen molar-refractivity contribution in [1.29, 1.82) is 0 Å². The van der Waals surface area contributed by atoms with Gasteiger partial charge in [0.1, 0.15) is 0 Å². The number of ether oxygens (including phenoxy) is 1. The summed E-state index contributed by atoms with van der Waals surface area (Å²) in [5.74, 6) is 0. The van der Waals surface area contributed by atoms with Gasteiger partial charge < -0.3 is 14.9 Å². The average Bonchev–Trinajstić information content (AvgIpc) is 2.54. The predicted molar refractivity (Wildman–Crippen MR) is 110 cm³/mol. The number of methoxy groups -OCH3 is 1. The molecule has 0 heterocycles. The van der Waals surface area contributed by atoms with Gasteiger partial charge in [-0.1, -0.05) is 41.0 Å². The second-order valence-corrected chi connectivity index (χ2v) is 6.61. The lowest BCUT2D eigenvalue weighted by atomic mass is 10.0. The molecule has 0 aromatic carbocycles. The minimum Gasteiger partial charge on any atom is -0.392 e. The van der Waals surface area contributed by atoms with Crippen molar-refractivity contribution in [2.75, 3.05) is 27.4 Å². The van der Waals surface area contributed by atoms with Crippen molar-refractivity contribution in [2.24, 2.45) is 0 Å². The first-order valence-corrected chi connectivity index (χ1v) is 9.15. The third-order valence-electron chi connectivity index (χ3n) is 3.66. The van der Waals surface area contributed by atoms with Gasteiger partial charge in [-0.2, -0.15) is 0 Å². The molecule has 146 valence electrons. The highest BCUT2D eigenvalue weighted by molar-refractivity contribution is 5.08. The predicted octanol–water partition coefficient (Wildman–Crippen LogP) is 5.36. The van der Waals surface area contributed by atoms with Gasteiger partial charge in [0.2, 0.25) is 0 Å². The highest BCUT2D eigenvalue weighted by Gasteiger charge is 1.96. The molecule has 0 aliphatic carbocycles. The Bertz CT molecular complexity index is 425. The molecule has 0 saturated carbocycles. The molecule has 0 atom stereocenters. The Morgan fingerprint density at radius 1 is 0.720 bits per heavy atom. The molecule has 25 heavy (non-hydrogen) atoms. The van der Waals surface area contributed by atoms with E-state index in [9.17, 15) is 5.11 Å². The Balaban J connectivity index is 0. The zero-order valence-corrected chi connectivity index (χ0v) is 17.3. The summed E-state index contributed by atoms with van der Waals surface area (Å²) in [7, 11) is 3.25. The maximum atomic E-state index is 9.41. The molecular formula is C22H40O3. The van der Waals surface area contributed by atoms with Crippen molar-refractivity contribution >= 4 is 0 Å². The molecule has 2 N–H and O–H groups in total. The van der Waals surface area contributed by atoms with E-state index in [1.807, 2.05) is 13.0 Å². The van der Waals surface area contributed by atoms with E-state index in [0.717, 1.165) is 44.1 Å². The maximum absolute atomic E-state index is 9.41. The van der Waals surface area contributed by atoms with Gasteiger partial charge in [0.25, 0.3) is 0 Å². The van der Waals surface area contributed by atoms with Crippen LogP contribution in [0.4, 0.5) is 0 Å². The SMILES string of the molecule is CC(C)=CCC/C(C)=C/CC/C(=C/CC/C(C)=C/CO)CO.COC. The van der Waals surface area contributed by atoms with Gasteiger partial charge in [-0.15, -0.1) is 0 Å². The molecule has 3 nitrogen and oxygen atoms in total. The van der Waals surface area contributed by atoms with Crippen molar-refractivity contribution in [2.45, 2.75) is 66.2 Å². The third kappa shape index (κ3) is 20.8. The number of rotatable bonds is 11. The topological polar surface area (TPSA) is 49.7 Å². The quantitative estimate of drug-likeness (QED) is 0.492.